The molecule has 2 aromatic carbocycles. The minimum atomic E-state index is -2.97. The van der Waals surface area contributed by atoms with E-state index in [9.17, 15) is 13.6 Å². The smallest absolute Gasteiger partial charge is 0.387 e. The lowest BCUT2D eigenvalue weighted by Crippen LogP contribution is -2.10. The van der Waals surface area contributed by atoms with Crippen LogP contribution in [0.2, 0.25) is 5.02 Å². The van der Waals surface area contributed by atoms with Crippen LogP contribution in [0.3, 0.4) is 0 Å². The molecular formula is C20H16ClF2NO3S. The van der Waals surface area contributed by atoms with Crippen molar-refractivity contribution in [3.8, 4) is 11.5 Å². The van der Waals surface area contributed by atoms with E-state index in [1.807, 2.05) is 36.6 Å². The van der Waals surface area contributed by atoms with E-state index in [0.29, 0.717) is 17.2 Å². The summed E-state index contributed by atoms with van der Waals surface area (Å²) in [5.74, 6) is 0.282. The molecule has 0 spiro atoms. The van der Waals surface area contributed by atoms with Gasteiger partial charge in [0, 0.05) is 11.3 Å². The van der Waals surface area contributed by atoms with Gasteiger partial charge in [0.05, 0.1) is 9.90 Å². The number of hydrogen-bond acceptors (Lipinski definition) is 4. The van der Waals surface area contributed by atoms with Crippen molar-refractivity contribution < 1.29 is 23.0 Å². The predicted octanol–water partition coefficient (Wildman–Crippen LogP) is 6.14. The van der Waals surface area contributed by atoms with E-state index in [2.05, 4.69) is 10.1 Å². The predicted molar refractivity (Wildman–Crippen MR) is 106 cm³/mol. The molecule has 0 aliphatic heterocycles. The molecule has 0 unspecified atom stereocenters. The largest absolute Gasteiger partial charge is 0.489 e. The Labute approximate surface area is 169 Å². The second-order valence-corrected chi connectivity index (χ2v) is 7.22. The first-order valence-corrected chi connectivity index (χ1v) is 9.49. The van der Waals surface area contributed by atoms with Crippen molar-refractivity contribution >= 4 is 34.5 Å². The van der Waals surface area contributed by atoms with Crippen molar-refractivity contribution in [1.82, 2.24) is 0 Å². The van der Waals surface area contributed by atoms with E-state index in [1.54, 1.807) is 6.07 Å². The van der Waals surface area contributed by atoms with Crippen molar-refractivity contribution in [2.45, 2.75) is 20.1 Å². The zero-order valence-corrected chi connectivity index (χ0v) is 16.3. The average Bonchev–Trinajstić information content (AvgIpc) is 3.11. The van der Waals surface area contributed by atoms with Gasteiger partial charge in [-0.1, -0.05) is 23.7 Å². The number of benzene rings is 2. The zero-order valence-electron chi connectivity index (χ0n) is 14.7. The molecule has 0 bridgehead atoms. The molecule has 0 atom stereocenters. The number of aryl methyl sites for hydroxylation is 1. The maximum atomic E-state index is 12.4. The van der Waals surface area contributed by atoms with Crippen LogP contribution in [0.25, 0.3) is 0 Å². The lowest BCUT2D eigenvalue weighted by molar-refractivity contribution is -0.0497. The number of alkyl halides is 2. The Bertz CT molecular complexity index is 978. The molecule has 4 nitrogen and oxygen atoms in total. The van der Waals surface area contributed by atoms with E-state index in [1.165, 1.54) is 29.5 Å². The van der Waals surface area contributed by atoms with E-state index in [4.69, 9.17) is 16.3 Å². The van der Waals surface area contributed by atoms with Gasteiger partial charge in [-0.2, -0.15) is 8.78 Å². The van der Waals surface area contributed by atoms with Crippen LogP contribution in [0.15, 0.2) is 53.9 Å². The van der Waals surface area contributed by atoms with Gasteiger partial charge in [-0.15, -0.1) is 11.3 Å². The molecule has 3 rings (SSSR count). The number of ether oxygens (including phenoxy) is 2. The van der Waals surface area contributed by atoms with Gasteiger partial charge in [-0.25, -0.2) is 0 Å². The third-order valence-corrected chi connectivity index (χ3v) is 4.95. The SMILES string of the molecule is Cc1cccc(OCc2csc(C(=O)Nc3ccc(OC(F)F)c(Cl)c3)c2)c1. The third-order valence-electron chi connectivity index (χ3n) is 3.68. The molecule has 0 aliphatic carbocycles. The fraction of sp³-hybridized carbons (Fsp3) is 0.150. The first kappa shape index (κ1) is 20.1. The summed E-state index contributed by atoms with van der Waals surface area (Å²) in [6.07, 6.45) is 0. The van der Waals surface area contributed by atoms with Gasteiger partial charge in [0.2, 0.25) is 0 Å². The number of rotatable bonds is 7. The van der Waals surface area contributed by atoms with Crippen molar-refractivity contribution in [2.24, 2.45) is 0 Å². The van der Waals surface area contributed by atoms with Crippen LogP contribution < -0.4 is 14.8 Å². The number of carbonyl (C=O) groups excluding carboxylic acids is 1. The highest BCUT2D eigenvalue weighted by molar-refractivity contribution is 7.12. The van der Waals surface area contributed by atoms with Gasteiger partial charge in [0.25, 0.3) is 5.91 Å². The molecule has 8 heteroatoms. The molecule has 1 heterocycles. The van der Waals surface area contributed by atoms with Gasteiger partial charge in [-0.3, -0.25) is 4.79 Å². The fourth-order valence-corrected chi connectivity index (χ4v) is 3.42. The topological polar surface area (TPSA) is 47.6 Å². The maximum Gasteiger partial charge on any atom is 0.387 e. The van der Waals surface area contributed by atoms with Crippen LogP contribution in [0.4, 0.5) is 14.5 Å². The zero-order chi connectivity index (χ0) is 20.1. The highest BCUT2D eigenvalue weighted by Gasteiger charge is 2.13. The van der Waals surface area contributed by atoms with Gasteiger partial charge in [0.15, 0.2) is 0 Å². The molecule has 146 valence electrons. The lowest BCUT2D eigenvalue weighted by atomic mass is 10.2. The fourth-order valence-electron chi connectivity index (χ4n) is 2.40. The summed E-state index contributed by atoms with van der Waals surface area (Å²) >= 11 is 7.18. The van der Waals surface area contributed by atoms with Gasteiger partial charge >= 0.3 is 6.61 Å². The van der Waals surface area contributed by atoms with Crippen LogP contribution in [0.1, 0.15) is 20.8 Å². The average molecular weight is 424 g/mol. The summed E-state index contributed by atoms with van der Waals surface area (Å²) in [5, 5.41) is 4.50. The molecule has 0 saturated heterocycles. The molecule has 1 amide bonds. The van der Waals surface area contributed by atoms with Crippen LogP contribution in [0.5, 0.6) is 11.5 Å². The highest BCUT2D eigenvalue weighted by Crippen LogP contribution is 2.29. The van der Waals surface area contributed by atoms with E-state index in [0.717, 1.165) is 16.9 Å². The maximum absolute atomic E-state index is 12.4. The Kier molecular flexibility index (Phi) is 6.49. The quantitative estimate of drug-likeness (QED) is 0.496. The summed E-state index contributed by atoms with van der Waals surface area (Å²) in [4.78, 5) is 12.9. The molecule has 1 N–H and O–H groups in total. The number of amides is 1. The third kappa shape index (κ3) is 5.43. The second kappa shape index (κ2) is 9.03. The molecule has 3 aromatic rings. The number of carbonyl (C=O) groups is 1. The first-order chi connectivity index (χ1) is 13.4. The Morgan fingerprint density at radius 3 is 2.75 bits per heavy atom. The first-order valence-electron chi connectivity index (χ1n) is 8.23. The summed E-state index contributed by atoms with van der Waals surface area (Å²) in [6.45, 7) is -0.638. The Hall–Kier alpha value is -2.64. The van der Waals surface area contributed by atoms with Crippen molar-refractivity contribution in [3.63, 3.8) is 0 Å². The Morgan fingerprint density at radius 2 is 2.04 bits per heavy atom. The minimum absolute atomic E-state index is 0.0171. The van der Waals surface area contributed by atoms with Crippen LogP contribution in [0, 0.1) is 6.92 Å². The number of nitrogens with one attached hydrogen (secondary N) is 1. The van der Waals surface area contributed by atoms with Crippen LogP contribution in [-0.4, -0.2) is 12.5 Å². The number of hydrogen-bond donors (Lipinski definition) is 1. The van der Waals surface area contributed by atoms with Gasteiger partial charge in [0.1, 0.15) is 18.1 Å². The number of anilines is 1. The van der Waals surface area contributed by atoms with Gasteiger partial charge < -0.3 is 14.8 Å². The molecule has 1 aromatic heterocycles. The monoisotopic (exact) mass is 423 g/mol. The Balaban J connectivity index is 1.60. The molecule has 28 heavy (non-hydrogen) atoms. The van der Waals surface area contributed by atoms with Crippen molar-refractivity contribution in [2.75, 3.05) is 5.32 Å². The number of thiophene rings is 1. The van der Waals surface area contributed by atoms with Crippen LogP contribution >= 0.6 is 22.9 Å². The summed E-state index contributed by atoms with van der Waals surface area (Å²) in [5.41, 5.74) is 2.35. The number of halogens is 3. The second-order valence-electron chi connectivity index (χ2n) is 5.90. The molecule has 0 radical (unpaired) electrons. The Morgan fingerprint density at radius 1 is 1.21 bits per heavy atom. The summed E-state index contributed by atoms with van der Waals surface area (Å²) < 4.78 is 34.5. The standard InChI is InChI=1S/C20H16ClF2NO3S/c1-12-3-2-4-15(7-12)26-10-13-8-18(28-11-13)19(25)24-14-5-6-17(16(21)9-14)27-20(22)23/h2-9,11,20H,10H2,1H3,(H,24,25). The molecule has 0 fully saturated rings. The van der Waals surface area contributed by atoms with Crippen LogP contribution in [-0.2, 0) is 6.61 Å². The van der Waals surface area contributed by atoms with E-state index >= 15 is 0 Å². The van der Waals surface area contributed by atoms with E-state index in [-0.39, 0.29) is 16.7 Å². The molecule has 0 saturated carbocycles. The lowest BCUT2D eigenvalue weighted by Gasteiger charge is -2.09. The molecule has 0 aliphatic rings. The van der Waals surface area contributed by atoms with Crippen molar-refractivity contribution in [3.05, 3.63) is 74.9 Å². The van der Waals surface area contributed by atoms with Gasteiger partial charge in [-0.05, 0) is 54.3 Å². The molecular weight excluding hydrogens is 408 g/mol. The minimum Gasteiger partial charge on any atom is -0.489 e. The summed E-state index contributed by atoms with van der Waals surface area (Å²) in [6, 6.07) is 13.5. The normalized spacial score (nSPS) is 10.8. The van der Waals surface area contributed by atoms with Crippen molar-refractivity contribution in [1.29, 1.82) is 0 Å². The summed E-state index contributed by atoms with van der Waals surface area (Å²) in [7, 11) is 0. The van der Waals surface area contributed by atoms with E-state index < -0.39 is 6.61 Å². The highest BCUT2D eigenvalue weighted by atomic mass is 35.5.